The molecule has 0 unspecified atom stereocenters. The molecule has 27 heavy (non-hydrogen) atoms. The van der Waals surface area contributed by atoms with E-state index in [1.165, 1.54) is 18.2 Å². The second-order valence-corrected chi connectivity index (χ2v) is 5.97. The van der Waals surface area contributed by atoms with Crippen molar-refractivity contribution in [2.45, 2.75) is 0 Å². The summed E-state index contributed by atoms with van der Waals surface area (Å²) >= 11 is 0. The van der Waals surface area contributed by atoms with Crippen molar-refractivity contribution in [2.75, 3.05) is 4.90 Å². The Morgan fingerprint density at radius 2 is 1.41 bits per heavy atom. The summed E-state index contributed by atoms with van der Waals surface area (Å²) < 4.78 is 0. The van der Waals surface area contributed by atoms with Crippen LogP contribution in [0.25, 0.3) is 11.1 Å². The Hall–Kier alpha value is -4.00. The molecule has 1 aliphatic rings. The highest BCUT2D eigenvalue weighted by Crippen LogP contribution is 2.39. The number of nitro groups is 1. The molecule has 0 aromatic heterocycles. The Balaban J connectivity index is 1.87. The number of phenolic OH excluding ortho intramolecular Hbond substituents is 1. The number of fused-ring (bicyclic) bond motifs is 1. The molecule has 0 saturated carbocycles. The Labute approximate surface area is 153 Å². The number of carbonyl (C=O) groups excluding carboxylic acids is 2. The first-order valence-electron chi connectivity index (χ1n) is 8.03. The largest absolute Gasteiger partial charge is 0.507 e. The van der Waals surface area contributed by atoms with E-state index >= 15 is 0 Å². The summed E-state index contributed by atoms with van der Waals surface area (Å²) in [5.41, 5.74) is 1.10. The maximum atomic E-state index is 12.9. The third-order valence-corrected chi connectivity index (χ3v) is 4.42. The molecule has 0 radical (unpaired) electrons. The van der Waals surface area contributed by atoms with Crippen LogP contribution in [0.15, 0.2) is 66.7 Å². The normalized spacial score (nSPS) is 13.0. The van der Waals surface area contributed by atoms with Gasteiger partial charge in [0.2, 0.25) is 0 Å². The highest BCUT2D eigenvalue weighted by atomic mass is 16.6. The summed E-state index contributed by atoms with van der Waals surface area (Å²) in [6.07, 6.45) is 0. The summed E-state index contributed by atoms with van der Waals surface area (Å²) in [5.74, 6) is -1.19. The van der Waals surface area contributed by atoms with Crippen LogP contribution >= 0.6 is 0 Å². The lowest BCUT2D eigenvalue weighted by atomic mass is 10.0. The van der Waals surface area contributed by atoms with Gasteiger partial charge in [-0.25, -0.2) is 4.90 Å². The number of benzene rings is 3. The van der Waals surface area contributed by atoms with Crippen LogP contribution in [0.5, 0.6) is 5.75 Å². The fraction of sp³-hybridized carbons (Fsp3) is 0. The van der Waals surface area contributed by atoms with Gasteiger partial charge in [-0.1, -0.05) is 36.4 Å². The number of hydrogen-bond donors (Lipinski definition) is 1. The smallest absolute Gasteiger partial charge is 0.270 e. The quantitative estimate of drug-likeness (QED) is 0.435. The van der Waals surface area contributed by atoms with Crippen molar-refractivity contribution in [3.8, 4) is 16.9 Å². The third kappa shape index (κ3) is 2.53. The fourth-order valence-corrected chi connectivity index (χ4v) is 3.16. The second kappa shape index (κ2) is 6.06. The summed E-state index contributed by atoms with van der Waals surface area (Å²) in [7, 11) is 0. The SMILES string of the molecule is O=C1c2ccc([N+](=O)[O-])cc2C(=O)N1c1ccccc1-c1ccccc1O. The molecule has 0 spiro atoms. The first-order valence-corrected chi connectivity index (χ1v) is 8.03. The molecule has 7 heteroatoms. The summed E-state index contributed by atoms with van der Waals surface area (Å²) in [6.45, 7) is 0. The van der Waals surface area contributed by atoms with E-state index in [0.29, 0.717) is 16.8 Å². The Morgan fingerprint density at radius 3 is 2.11 bits per heavy atom. The number of nitrogens with zero attached hydrogens (tertiary/aromatic N) is 2. The Bertz CT molecular complexity index is 1120. The maximum absolute atomic E-state index is 12.9. The predicted molar refractivity (Wildman–Crippen MR) is 97.8 cm³/mol. The van der Waals surface area contributed by atoms with Crippen molar-refractivity contribution in [3.63, 3.8) is 0 Å². The van der Waals surface area contributed by atoms with Crippen LogP contribution < -0.4 is 4.90 Å². The molecule has 0 aliphatic carbocycles. The van der Waals surface area contributed by atoms with Gasteiger partial charge in [-0.3, -0.25) is 19.7 Å². The van der Waals surface area contributed by atoms with E-state index in [9.17, 15) is 24.8 Å². The molecule has 2 amide bonds. The van der Waals surface area contributed by atoms with Gasteiger partial charge in [0.05, 0.1) is 21.7 Å². The van der Waals surface area contributed by atoms with E-state index in [1.807, 2.05) is 0 Å². The number of para-hydroxylation sites is 2. The van der Waals surface area contributed by atoms with Crippen LogP contribution in [-0.2, 0) is 0 Å². The number of anilines is 1. The average Bonchev–Trinajstić information content (AvgIpc) is 2.92. The first-order chi connectivity index (χ1) is 13.0. The van der Waals surface area contributed by atoms with Crippen molar-refractivity contribution < 1.29 is 19.6 Å². The zero-order chi connectivity index (χ0) is 19.1. The van der Waals surface area contributed by atoms with Gasteiger partial charge in [-0.2, -0.15) is 0 Å². The van der Waals surface area contributed by atoms with Crippen molar-refractivity contribution >= 4 is 23.2 Å². The van der Waals surface area contributed by atoms with Gasteiger partial charge in [-0.05, 0) is 18.2 Å². The van der Waals surface area contributed by atoms with Gasteiger partial charge in [0, 0.05) is 23.3 Å². The van der Waals surface area contributed by atoms with Crippen molar-refractivity contribution in [3.05, 3.63) is 88.0 Å². The van der Waals surface area contributed by atoms with E-state index in [0.717, 1.165) is 11.0 Å². The number of hydrogen-bond acceptors (Lipinski definition) is 5. The molecular formula is C20H12N2O5. The molecule has 1 heterocycles. The number of imide groups is 1. The molecule has 0 fully saturated rings. The van der Waals surface area contributed by atoms with Gasteiger partial charge in [0.25, 0.3) is 17.5 Å². The van der Waals surface area contributed by atoms with Gasteiger partial charge >= 0.3 is 0 Å². The number of carbonyl (C=O) groups is 2. The van der Waals surface area contributed by atoms with Gasteiger partial charge < -0.3 is 5.11 Å². The molecule has 1 aliphatic heterocycles. The predicted octanol–water partition coefficient (Wildman–Crippen LogP) is 3.77. The average molecular weight is 360 g/mol. The van der Waals surface area contributed by atoms with Crippen LogP contribution in [0.1, 0.15) is 20.7 Å². The van der Waals surface area contributed by atoms with Gasteiger partial charge in [0.15, 0.2) is 0 Å². The van der Waals surface area contributed by atoms with E-state index in [-0.39, 0.29) is 22.6 Å². The monoisotopic (exact) mass is 360 g/mol. The van der Waals surface area contributed by atoms with E-state index < -0.39 is 16.7 Å². The summed E-state index contributed by atoms with van der Waals surface area (Å²) in [4.78, 5) is 37.1. The van der Waals surface area contributed by atoms with Gasteiger partial charge in [-0.15, -0.1) is 0 Å². The van der Waals surface area contributed by atoms with Crippen molar-refractivity contribution in [1.29, 1.82) is 0 Å². The number of phenols is 1. The Kier molecular flexibility index (Phi) is 3.70. The van der Waals surface area contributed by atoms with Crippen molar-refractivity contribution in [1.82, 2.24) is 0 Å². The lowest BCUT2D eigenvalue weighted by molar-refractivity contribution is -0.384. The molecule has 7 nitrogen and oxygen atoms in total. The summed E-state index contributed by atoms with van der Waals surface area (Å²) in [5, 5.41) is 21.2. The van der Waals surface area contributed by atoms with E-state index in [1.54, 1.807) is 42.5 Å². The van der Waals surface area contributed by atoms with Gasteiger partial charge in [0.1, 0.15) is 5.75 Å². The molecule has 132 valence electrons. The van der Waals surface area contributed by atoms with Crippen molar-refractivity contribution in [2.24, 2.45) is 0 Å². The number of rotatable bonds is 3. The third-order valence-electron chi connectivity index (χ3n) is 4.42. The standard InChI is InChI=1S/C20H12N2O5/c23-18-8-4-2-6-14(18)13-5-1-3-7-17(13)21-19(24)15-10-9-12(22(26)27)11-16(15)20(21)25/h1-11,23H. The maximum Gasteiger partial charge on any atom is 0.270 e. The molecule has 4 rings (SSSR count). The molecule has 1 N–H and O–H groups in total. The zero-order valence-electron chi connectivity index (χ0n) is 13.8. The lowest BCUT2D eigenvalue weighted by Crippen LogP contribution is -2.29. The molecule has 0 saturated heterocycles. The Morgan fingerprint density at radius 1 is 0.778 bits per heavy atom. The molecule has 0 bridgehead atoms. The first kappa shape index (κ1) is 16.5. The number of amides is 2. The topological polar surface area (TPSA) is 101 Å². The van der Waals surface area contributed by atoms with Crippen LogP contribution in [0.2, 0.25) is 0 Å². The fourth-order valence-electron chi connectivity index (χ4n) is 3.16. The van der Waals surface area contributed by atoms with E-state index in [2.05, 4.69) is 0 Å². The highest BCUT2D eigenvalue weighted by molar-refractivity contribution is 6.35. The highest BCUT2D eigenvalue weighted by Gasteiger charge is 2.39. The minimum atomic E-state index is -0.637. The number of nitro benzene ring substituents is 1. The van der Waals surface area contributed by atoms with Crippen LogP contribution in [0.3, 0.4) is 0 Å². The van der Waals surface area contributed by atoms with E-state index in [4.69, 9.17) is 0 Å². The number of non-ortho nitro benzene ring substituents is 1. The van der Waals surface area contributed by atoms with Crippen LogP contribution in [0.4, 0.5) is 11.4 Å². The zero-order valence-corrected chi connectivity index (χ0v) is 13.8. The minimum Gasteiger partial charge on any atom is -0.507 e. The minimum absolute atomic E-state index is 0.0113. The summed E-state index contributed by atoms with van der Waals surface area (Å²) in [6, 6.07) is 16.9. The second-order valence-electron chi connectivity index (χ2n) is 5.97. The lowest BCUT2D eigenvalue weighted by Gasteiger charge is -2.18. The van der Waals surface area contributed by atoms with Crippen LogP contribution in [-0.4, -0.2) is 21.8 Å². The molecular weight excluding hydrogens is 348 g/mol. The molecule has 0 atom stereocenters. The number of aromatic hydroxyl groups is 1. The molecule has 3 aromatic rings. The van der Waals surface area contributed by atoms with Crippen LogP contribution in [0, 0.1) is 10.1 Å². The molecule has 3 aromatic carbocycles.